The van der Waals surface area contributed by atoms with E-state index in [4.69, 9.17) is 9.47 Å². The summed E-state index contributed by atoms with van der Waals surface area (Å²) in [4.78, 5) is 14.1. The molecule has 0 saturated carbocycles. The van der Waals surface area contributed by atoms with Crippen molar-refractivity contribution in [2.24, 2.45) is 5.92 Å². The summed E-state index contributed by atoms with van der Waals surface area (Å²) in [5.41, 5.74) is 0.265. The average Bonchev–Trinajstić information content (AvgIpc) is 2.55. The van der Waals surface area contributed by atoms with Crippen LogP contribution in [0.2, 0.25) is 0 Å². The molecule has 1 aliphatic heterocycles. The Labute approximate surface area is 149 Å². The molecule has 1 fully saturated rings. The van der Waals surface area contributed by atoms with E-state index >= 15 is 0 Å². The average molecular weight is 352 g/mol. The molecule has 1 N–H and O–H groups in total. The molecule has 0 bridgehead atoms. The van der Waals surface area contributed by atoms with Crippen molar-refractivity contribution in [3.05, 3.63) is 24.0 Å². The van der Waals surface area contributed by atoms with Crippen molar-refractivity contribution in [2.75, 3.05) is 25.5 Å². The summed E-state index contributed by atoms with van der Waals surface area (Å²) >= 11 is 0. The topological polar surface area (TPSA) is 50.8 Å². The molecule has 2 rings (SSSR count). The minimum Gasteiger partial charge on any atom is -0.494 e. The number of carbonyl (C=O) groups excluding carboxylic acids is 1. The van der Waals surface area contributed by atoms with Crippen molar-refractivity contribution in [3.8, 4) is 5.75 Å². The number of nitrogens with one attached hydrogen (secondary N) is 1. The number of carbonyl (C=O) groups is 1. The SMILES string of the molecule is COc1cc(F)ccc1NC(C)C1CCCN(C(=O)OC(C)(C)C)C1. The lowest BCUT2D eigenvalue weighted by Gasteiger charge is -2.37. The minimum atomic E-state index is -0.491. The van der Waals surface area contributed by atoms with Gasteiger partial charge in [-0.25, -0.2) is 9.18 Å². The number of methoxy groups -OCH3 is 1. The lowest BCUT2D eigenvalue weighted by atomic mass is 9.91. The molecule has 5 nitrogen and oxygen atoms in total. The van der Waals surface area contributed by atoms with Crippen LogP contribution in [-0.2, 0) is 4.74 Å². The van der Waals surface area contributed by atoms with Gasteiger partial charge in [0.05, 0.1) is 12.8 Å². The molecule has 0 radical (unpaired) electrons. The van der Waals surface area contributed by atoms with Crippen LogP contribution in [0.5, 0.6) is 5.75 Å². The largest absolute Gasteiger partial charge is 0.494 e. The van der Waals surface area contributed by atoms with E-state index in [0.29, 0.717) is 12.3 Å². The predicted molar refractivity (Wildman–Crippen MR) is 96.6 cm³/mol. The molecule has 0 aromatic heterocycles. The van der Waals surface area contributed by atoms with E-state index in [1.807, 2.05) is 20.8 Å². The quantitative estimate of drug-likeness (QED) is 0.879. The third-order valence-corrected chi connectivity index (χ3v) is 4.36. The molecular weight excluding hydrogens is 323 g/mol. The number of hydrogen-bond donors (Lipinski definition) is 1. The minimum absolute atomic E-state index is 0.115. The molecule has 2 atom stereocenters. The van der Waals surface area contributed by atoms with Gasteiger partial charge in [0.25, 0.3) is 0 Å². The van der Waals surface area contributed by atoms with Crippen molar-refractivity contribution in [1.82, 2.24) is 4.90 Å². The number of hydrogen-bond acceptors (Lipinski definition) is 4. The summed E-state index contributed by atoms with van der Waals surface area (Å²) in [5, 5.41) is 3.40. The molecule has 1 amide bonds. The van der Waals surface area contributed by atoms with Gasteiger partial charge in [0, 0.05) is 25.2 Å². The first-order chi connectivity index (χ1) is 11.7. The highest BCUT2D eigenvalue weighted by Crippen LogP contribution is 2.29. The van der Waals surface area contributed by atoms with Gasteiger partial charge in [-0.2, -0.15) is 0 Å². The molecule has 25 heavy (non-hydrogen) atoms. The van der Waals surface area contributed by atoms with Gasteiger partial charge in [0.1, 0.15) is 17.2 Å². The van der Waals surface area contributed by atoms with Crippen LogP contribution in [0.4, 0.5) is 14.9 Å². The molecular formula is C19H29FN2O3. The molecule has 140 valence electrons. The van der Waals surface area contributed by atoms with Crippen LogP contribution >= 0.6 is 0 Å². The lowest BCUT2D eigenvalue weighted by molar-refractivity contribution is 0.0159. The number of halogens is 1. The Hall–Kier alpha value is -1.98. The lowest BCUT2D eigenvalue weighted by Crippen LogP contribution is -2.46. The van der Waals surface area contributed by atoms with Crippen molar-refractivity contribution in [3.63, 3.8) is 0 Å². The van der Waals surface area contributed by atoms with E-state index in [0.717, 1.165) is 25.1 Å². The molecule has 6 heteroatoms. The highest BCUT2D eigenvalue weighted by molar-refractivity contribution is 5.68. The second kappa shape index (κ2) is 7.93. The monoisotopic (exact) mass is 352 g/mol. The van der Waals surface area contributed by atoms with Crippen LogP contribution in [0.1, 0.15) is 40.5 Å². The van der Waals surface area contributed by atoms with Crippen LogP contribution < -0.4 is 10.1 Å². The number of rotatable bonds is 4. The highest BCUT2D eigenvalue weighted by Gasteiger charge is 2.30. The zero-order valence-corrected chi connectivity index (χ0v) is 15.8. The number of benzene rings is 1. The van der Waals surface area contributed by atoms with Crippen LogP contribution in [0.15, 0.2) is 18.2 Å². The van der Waals surface area contributed by atoms with Gasteiger partial charge in [-0.05, 0) is 58.6 Å². The molecule has 1 saturated heterocycles. The first-order valence-electron chi connectivity index (χ1n) is 8.77. The maximum atomic E-state index is 13.3. The van der Waals surface area contributed by atoms with Gasteiger partial charge in [-0.3, -0.25) is 0 Å². The van der Waals surface area contributed by atoms with Gasteiger partial charge >= 0.3 is 6.09 Å². The maximum Gasteiger partial charge on any atom is 0.410 e. The number of anilines is 1. The maximum absolute atomic E-state index is 13.3. The number of amides is 1. The Morgan fingerprint density at radius 3 is 2.76 bits per heavy atom. The normalized spacial score (nSPS) is 19.3. The van der Waals surface area contributed by atoms with Crippen molar-refractivity contribution in [1.29, 1.82) is 0 Å². The van der Waals surface area contributed by atoms with Crippen LogP contribution in [-0.4, -0.2) is 42.8 Å². The van der Waals surface area contributed by atoms with Crippen LogP contribution in [0.3, 0.4) is 0 Å². The van der Waals surface area contributed by atoms with Crippen LogP contribution in [0.25, 0.3) is 0 Å². The Bertz CT molecular complexity index is 601. The first kappa shape index (κ1) is 19.3. The van der Waals surface area contributed by atoms with Crippen LogP contribution in [0, 0.1) is 11.7 Å². The first-order valence-corrected chi connectivity index (χ1v) is 8.77. The highest BCUT2D eigenvalue weighted by atomic mass is 19.1. The van der Waals surface area contributed by atoms with Gasteiger partial charge in [-0.15, -0.1) is 0 Å². The number of piperidine rings is 1. The summed E-state index contributed by atoms with van der Waals surface area (Å²) < 4.78 is 24.1. The number of likely N-dealkylation sites (tertiary alicyclic amines) is 1. The van der Waals surface area contributed by atoms with Crippen molar-refractivity contribution in [2.45, 2.75) is 52.2 Å². The Balaban J connectivity index is 2.00. The number of nitrogens with zero attached hydrogens (tertiary/aromatic N) is 1. The summed E-state index contributed by atoms with van der Waals surface area (Å²) in [6.45, 7) is 9.06. The zero-order chi connectivity index (χ0) is 18.6. The predicted octanol–water partition coefficient (Wildman–Crippen LogP) is 4.28. The summed E-state index contributed by atoms with van der Waals surface area (Å²) in [6, 6.07) is 4.57. The van der Waals surface area contributed by atoms with E-state index in [-0.39, 0.29) is 23.9 Å². The summed E-state index contributed by atoms with van der Waals surface area (Å²) in [7, 11) is 1.52. The molecule has 1 heterocycles. The van der Waals surface area contributed by atoms with E-state index in [1.54, 1.807) is 11.0 Å². The summed E-state index contributed by atoms with van der Waals surface area (Å²) in [6.07, 6.45) is 1.71. The fraction of sp³-hybridized carbons (Fsp3) is 0.632. The van der Waals surface area contributed by atoms with E-state index in [2.05, 4.69) is 12.2 Å². The van der Waals surface area contributed by atoms with Gasteiger partial charge in [0.2, 0.25) is 0 Å². The molecule has 0 spiro atoms. The second-order valence-electron chi connectivity index (χ2n) is 7.61. The zero-order valence-electron chi connectivity index (χ0n) is 15.8. The molecule has 1 aromatic rings. The van der Waals surface area contributed by atoms with Gasteiger partial charge in [-0.1, -0.05) is 0 Å². The Morgan fingerprint density at radius 2 is 2.12 bits per heavy atom. The molecule has 2 unspecified atom stereocenters. The van der Waals surface area contributed by atoms with Crippen molar-refractivity contribution >= 4 is 11.8 Å². The molecule has 1 aromatic carbocycles. The molecule has 1 aliphatic rings. The third-order valence-electron chi connectivity index (χ3n) is 4.36. The fourth-order valence-electron chi connectivity index (χ4n) is 3.06. The Kier molecular flexibility index (Phi) is 6.14. The smallest absolute Gasteiger partial charge is 0.410 e. The molecule has 0 aliphatic carbocycles. The third kappa shape index (κ3) is 5.51. The fourth-order valence-corrected chi connectivity index (χ4v) is 3.06. The standard InChI is InChI=1S/C19H29FN2O3/c1-13(21-16-9-8-15(20)11-17(16)24-5)14-7-6-10-22(12-14)18(23)25-19(2,3)4/h8-9,11,13-14,21H,6-7,10,12H2,1-5H3. The van der Waals surface area contributed by atoms with Gasteiger partial charge < -0.3 is 19.7 Å². The second-order valence-corrected chi connectivity index (χ2v) is 7.61. The van der Waals surface area contributed by atoms with E-state index < -0.39 is 5.60 Å². The van der Waals surface area contributed by atoms with E-state index in [1.165, 1.54) is 19.2 Å². The van der Waals surface area contributed by atoms with Gasteiger partial charge in [0.15, 0.2) is 0 Å². The Morgan fingerprint density at radius 1 is 1.40 bits per heavy atom. The summed E-state index contributed by atoms with van der Waals surface area (Å²) in [5.74, 6) is 0.437. The van der Waals surface area contributed by atoms with Crippen molar-refractivity contribution < 1.29 is 18.7 Å². The number of ether oxygens (including phenoxy) is 2. The van der Waals surface area contributed by atoms with E-state index in [9.17, 15) is 9.18 Å².